The summed E-state index contributed by atoms with van der Waals surface area (Å²) in [7, 11) is -2.69. The lowest BCUT2D eigenvalue weighted by Crippen LogP contribution is -2.16. The van der Waals surface area contributed by atoms with Crippen LogP contribution in [0.1, 0.15) is 12.5 Å². The third-order valence-corrected chi connectivity index (χ3v) is 10.4. The van der Waals surface area contributed by atoms with Gasteiger partial charge >= 0.3 is 0 Å². The summed E-state index contributed by atoms with van der Waals surface area (Å²) >= 11 is 0. The van der Waals surface area contributed by atoms with Crippen LogP contribution in [0, 0.1) is 5.16 Å². The van der Waals surface area contributed by atoms with Crippen LogP contribution in [0.4, 0.5) is 0 Å². The average molecular weight is 495 g/mol. The lowest BCUT2D eigenvalue weighted by molar-refractivity contribution is 1.48. The van der Waals surface area contributed by atoms with Gasteiger partial charge in [0.15, 0.2) is 0 Å². The highest BCUT2D eigenvalue weighted by atomic mass is 31.2. The van der Waals surface area contributed by atoms with Crippen LogP contribution in [0.3, 0.4) is 0 Å². The van der Waals surface area contributed by atoms with Crippen molar-refractivity contribution in [1.82, 2.24) is 0 Å². The van der Waals surface area contributed by atoms with E-state index in [4.69, 9.17) is 0 Å². The molecule has 0 aliphatic heterocycles. The average Bonchev–Trinajstić information content (AvgIpc) is 2.96. The predicted octanol–water partition coefficient (Wildman–Crippen LogP) is 8.96. The van der Waals surface area contributed by atoms with E-state index in [1.807, 2.05) is 66.7 Å². The number of hydrogen-bond acceptors (Lipinski definition) is 2. The number of aliphatic imine (C=N–C) groups is 1. The van der Waals surface area contributed by atoms with Crippen molar-refractivity contribution in [1.29, 1.82) is 5.16 Å². The van der Waals surface area contributed by atoms with Gasteiger partial charge in [0.2, 0.25) is 0 Å². The zero-order valence-corrected chi connectivity index (χ0v) is 21.6. The summed E-state index contributed by atoms with van der Waals surface area (Å²) in [6, 6.07) is 39.9. The molecular formula is C34H27N2P. The normalized spacial score (nSPS) is 13.0. The Morgan fingerprint density at radius 1 is 0.649 bits per heavy atom. The van der Waals surface area contributed by atoms with Gasteiger partial charge in [0.05, 0.1) is 12.5 Å². The molecule has 0 saturated carbocycles. The molecule has 6 aromatic rings. The first-order valence-electron chi connectivity index (χ1n) is 12.4. The molecule has 6 aromatic carbocycles. The monoisotopic (exact) mass is 494 g/mol. The van der Waals surface area contributed by atoms with Crippen molar-refractivity contribution in [3.05, 3.63) is 138 Å². The van der Waals surface area contributed by atoms with Gasteiger partial charge in [-0.3, -0.25) is 4.99 Å². The Hall–Kier alpha value is -4.26. The molecule has 0 heterocycles. The van der Waals surface area contributed by atoms with Gasteiger partial charge in [-0.25, -0.2) is 0 Å². The van der Waals surface area contributed by atoms with Gasteiger partial charge in [0.1, 0.15) is 0 Å². The van der Waals surface area contributed by atoms with Crippen molar-refractivity contribution in [3.8, 4) is 0 Å². The molecule has 2 nitrogen and oxygen atoms in total. The Morgan fingerprint density at radius 2 is 1.19 bits per heavy atom. The summed E-state index contributed by atoms with van der Waals surface area (Å²) in [6.45, 7) is 6.03. The minimum absolute atomic E-state index is 0.696. The summed E-state index contributed by atoms with van der Waals surface area (Å²) < 4.78 is 0. The molecule has 3 heteroatoms. The van der Waals surface area contributed by atoms with Gasteiger partial charge in [-0.2, -0.15) is 0 Å². The van der Waals surface area contributed by atoms with Crippen LogP contribution in [-0.4, -0.2) is 6.72 Å². The van der Waals surface area contributed by atoms with Crippen molar-refractivity contribution in [2.24, 2.45) is 4.99 Å². The minimum atomic E-state index is -2.69. The summed E-state index contributed by atoms with van der Waals surface area (Å²) in [5.74, 6) is 0. The molecule has 0 aliphatic rings. The molecule has 178 valence electrons. The highest BCUT2D eigenvalue weighted by molar-refractivity contribution is 7.83. The Kier molecular flexibility index (Phi) is 5.83. The third-order valence-electron chi connectivity index (χ3n) is 7.23. The fraction of sp³-hybridized carbons (Fsp3) is 0.0294. The summed E-state index contributed by atoms with van der Waals surface area (Å²) in [4.78, 5) is 4.44. The molecular weight excluding hydrogens is 467 g/mol. The maximum atomic E-state index is 9.76. The van der Waals surface area contributed by atoms with Crippen LogP contribution in [0.15, 0.2) is 138 Å². The second-order valence-electron chi connectivity index (χ2n) is 9.34. The fourth-order valence-electron chi connectivity index (χ4n) is 5.36. The zero-order valence-electron chi connectivity index (χ0n) is 20.7. The van der Waals surface area contributed by atoms with E-state index in [1.165, 1.54) is 37.9 Å². The van der Waals surface area contributed by atoms with Crippen molar-refractivity contribution < 1.29 is 0 Å². The molecule has 1 N–H and O–H groups in total. The highest BCUT2D eigenvalue weighted by Crippen LogP contribution is 2.53. The lowest BCUT2D eigenvalue weighted by Gasteiger charge is -2.24. The summed E-state index contributed by atoms with van der Waals surface area (Å²) in [5, 5.41) is 19.4. The first kappa shape index (κ1) is 23.2. The van der Waals surface area contributed by atoms with Gasteiger partial charge in [-0.05, 0) is 63.2 Å². The lowest BCUT2D eigenvalue weighted by atomic mass is 9.90. The number of rotatable bonds is 6. The number of nitrogens with zero attached hydrogens (tertiary/aromatic N) is 1. The predicted molar refractivity (Wildman–Crippen MR) is 163 cm³/mol. The van der Waals surface area contributed by atoms with E-state index in [1.54, 1.807) is 0 Å². The van der Waals surface area contributed by atoms with E-state index >= 15 is 0 Å². The minimum Gasteiger partial charge on any atom is -0.303 e. The van der Waals surface area contributed by atoms with E-state index < -0.39 is 7.05 Å². The van der Waals surface area contributed by atoms with Crippen LogP contribution < -0.4 is 10.6 Å². The first-order valence-corrected chi connectivity index (χ1v) is 14.2. The number of benzene rings is 6. The standard InChI is InChI=1S/C34H27N2P/c1-24(30-21-19-27-18-17-25-10-9-11-26-20-22-31(30)34(27)33(25)26)16-23-32(36-2)37(35,28-12-5-3-6-13-28)29-14-7-4-8-15-29/h3-23,35H,2H2,1H3/b24-16+,32-23+. The van der Waals surface area contributed by atoms with Crippen LogP contribution in [0.5, 0.6) is 0 Å². The van der Waals surface area contributed by atoms with E-state index in [9.17, 15) is 5.16 Å². The molecule has 0 radical (unpaired) electrons. The Morgan fingerprint density at radius 3 is 1.78 bits per heavy atom. The van der Waals surface area contributed by atoms with Gasteiger partial charge in [-0.15, -0.1) is 0 Å². The van der Waals surface area contributed by atoms with Crippen LogP contribution in [-0.2, 0) is 0 Å². The molecule has 0 spiro atoms. The second-order valence-corrected chi connectivity index (χ2v) is 12.2. The smallest absolute Gasteiger partial charge is 0.0872 e. The maximum Gasteiger partial charge on any atom is 0.0872 e. The van der Waals surface area contributed by atoms with Crippen molar-refractivity contribution >= 4 is 62.3 Å². The molecule has 37 heavy (non-hydrogen) atoms. The topological polar surface area (TPSA) is 36.2 Å². The largest absolute Gasteiger partial charge is 0.303 e. The molecule has 0 saturated heterocycles. The van der Waals surface area contributed by atoms with E-state index in [0.717, 1.165) is 16.2 Å². The van der Waals surface area contributed by atoms with E-state index in [0.29, 0.717) is 5.44 Å². The zero-order chi connectivity index (χ0) is 25.4. The Labute approximate surface area is 217 Å². The molecule has 0 amide bonds. The highest BCUT2D eigenvalue weighted by Gasteiger charge is 2.26. The van der Waals surface area contributed by atoms with E-state index in [-0.39, 0.29) is 0 Å². The van der Waals surface area contributed by atoms with Gasteiger partial charge < -0.3 is 5.16 Å². The number of allylic oxidation sites excluding steroid dienone is 3. The second kappa shape index (κ2) is 9.32. The number of hydrogen-bond donors (Lipinski definition) is 1. The van der Waals surface area contributed by atoms with Crippen LogP contribution >= 0.6 is 7.05 Å². The molecule has 0 bridgehead atoms. The summed E-state index contributed by atoms with van der Waals surface area (Å²) in [6.07, 6.45) is 4.10. The van der Waals surface area contributed by atoms with Gasteiger partial charge in [0, 0.05) is 10.6 Å². The van der Waals surface area contributed by atoms with E-state index in [2.05, 4.69) is 79.3 Å². The third kappa shape index (κ3) is 3.82. The van der Waals surface area contributed by atoms with Gasteiger partial charge in [0.25, 0.3) is 0 Å². The molecule has 0 aliphatic carbocycles. The van der Waals surface area contributed by atoms with Gasteiger partial charge in [-0.1, -0.05) is 121 Å². The molecule has 0 fully saturated rings. The molecule has 0 atom stereocenters. The van der Waals surface area contributed by atoms with Crippen LogP contribution in [0.25, 0.3) is 37.9 Å². The van der Waals surface area contributed by atoms with Crippen LogP contribution in [0.2, 0.25) is 0 Å². The Bertz CT molecular complexity index is 1810. The SMILES string of the molecule is C=N/C(=C\C=C(/C)c1ccc2ccc3cccc4ccc1c2c34)P(=N)(c1ccccc1)c1ccccc1. The van der Waals surface area contributed by atoms with Crippen molar-refractivity contribution in [3.63, 3.8) is 0 Å². The fourth-order valence-corrected chi connectivity index (χ4v) is 7.93. The maximum absolute atomic E-state index is 9.76. The first-order chi connectivity index (χ1) is 18.1. The molecule has 0 aromatic heterocycles. The quantitative estimate of drug-likeness (QED) is 0.104. The number of nitrogens with one attached hydrogen (secondary N) is 1. The molecule has 6 rings (SSSR count). The Balaban J connectivity index is 1.52. The van der Waals surface area contributed by atoms with Crippen molar-refractivity contribution in [2.75, 3.05) is 0 Å². The summed E-state index contributed by atoms with van der Waals surface area (Å²) in [5.41, 5.74) is 3.02. The van der Waals surface area contributed by atoms with Crippen molar-refractivity contribution in [2.45, 2.75) is 6.92 Å². The molecule has 0 unspecified atom stereocenters.